The van der Waals surface area contributed by atoms with Crippen molar-refractivity contribution in [2.75, 3.05) is 20.2 Å². The molecule has 0 saturated carbocycles. The Bertz CT molecular complexity index is 803. The van der Waals surface area contributed by atoms with E-state index in [1.807, 2.05) is 11.8 Å². The van der Waals surface area contributed by atoms with Gasteiger partial charge in [0.1, 0.15) is 0 Å². The molecule has 156 valence electrons. The highest BCUT2D eigenvalue weighted by Crippen LogP contribution is 2.31. The zero-order valence-electron chi connectivity index (χ0n) is 18.2. The molecule has 1 amide bonds. The van der Waals surface area contributed by atoms with E-state index in [9.17, 15) is 4.79 Å². The maximum atomic E-state index is 11.9. The molecule has 0 radical (unpaired) electrons. The Morgan fingerprint density at radius 1 is 1.10 bits per heavy atom. The van der Waals surface area contributed by atoms with Crippen molar-refractivity contribution in [2.24, 2.45) is 0 Å². The second kappa shape index (κ2) is 10.0. The number of hydrogen-bond acceptors (Lipinski definition) is 3. The largest absolute Gasteiger partial charge is 0.373 e. The quantitative estimate of drug-likeness (QED) is 0.681. The summed E-state index contributed by atoms with van der Waals surface area (Å²) >= 11 is 0. The molecule has 1 aliphatic rings. The highest BCUT2D eigenvalue weighted by molar-refractivity contribution is 5.73. The van der Waals surface area contributed by atoms with Crippen LogP contribution in [-0.2, 0) is 22.6 Å². The minimum absolute atomic E-state index is 0.0706. The Hall–Kier alpha value is -2.17. The van der Waals surface area contributed by atoms with E-state index < -0.39 is 0 Å². The molecular formula is C25H34N2O2. The molecule has 1 fully saturated rings. The van der Waals surface area contributed by atoms with Crippen molar-refractivity contribution >= 4 is 5.91 Å². The van der Waals surface area contributed by atoms with Crippen molar-refractivity contribution in [2.45, 2.75) is 58.8 Å². The van der Waals surface area contributed by atoms with Gasteiger partial charge in [0, 0.05) is 39.2 Å². The number of carbonyl (C=O) groups is 1. The molecule has 3 rings (SSSR count). The van der Waals surface area contributed by atoms with Crippen LogP contribution in [0.2, 0.25) is 0 Å². The van der Waals surface area contributed by atoms with E-state index in [0.29, 0.717) is 6.61 Å². The number of nitrogens with zero attached hydrogens (tertiary/aromatic N) is 2. The number of aryl methyl sites for hydroxylation is 1. The van der Waals surface area contributed by atoms with Crippen molar-refractivity contribution in [3.8, 4) is 0 Å². The second-order valence-electron chi connectivity index (χ2n) is 8.25. The lowest BCUT2D eigenvalue weighted by Gasteiger charge is -2.36. The van der Waals surface area contributed by atoms with Crippen LogP contribution >= 0.6 is 0 Å². The average molecular weight is 395 g/mol. The van der Waals surface area contributed by atoms with Crippen molar-refractivity contribution in [1.82, 2.24) is 9.80 Å². The van der Waals surface area contributed by atoms with Gasteiger partial charge in [0.15, 0.2) is 0 Å². The predicted molar refractivity (Wildman–Crippen MR) is 118 cm³/mol. The molecule has 1 aliphatic heterocycles. The zero-order valence-corrected chi connectivity index (χ0v) is 18.2. The second-order valence-corrected chi connectivity index (χ2v) is 8.25. The summed E-state index contributed by atoms with van der Waals surface area (Å²) in [7, 11) is 2.16. The van der Waals surface area contributed by atoms with Gasteiger partial charge in [0.25, 0.3) is 0 Å². The van der Waals surface area contributed by atoms with Crippen LogP contribution in [0.25, 0.3) is 0 Å². The number of hydrogen-bond donors (Lipinski definition) is 0. The minimum Gasteiger partial charge on any atom is -0.373 e. The third kappa shape index (κ3) is 5.91. The van der Waals surface area contributed by atoms with Crippen LogP contribution in [0.5, 0.6) is 0 Å². The molecule has 0 N–H and O–H groups in total. The number of carbonyl (C=O) groups excluding carboxylic acids is 1. The maximum absolute atomic E-state index is 11.9. The Balaban J connectivity index is 1.58. The van der Waals surface area contributed by atoms with Crippen molar-refractivity contribution < 1.29 is 9.53 Å². The first-order valence-electron chi connectivity index (χ1n) is 10.7. The van der Waals surface area contributed by atoms with Crippen LogP contribution in [0.1, 0.15) is 55.0 Å². The molecule has 0 spiro atoms. The summed E-state index contributed by atoms with van der Waals surface area (Å²) in [4.78, 5) is 16.2. The number of rotatable bonds is 7. The Morgan fingerprint density at radius 3 is 2.48 bits per heavy atom. The summed E-state index contributed by atoms with van der Waals surface area (Å²) in [6.45, 7) is 9.17. The fraction of sp³-hybridized carbons (Fsp3) is 0.480. The van der Waals surface area contributed by atoms with Crippen molar-refractivity contribution in [1.29, 1.82) is 0 Å². The molecule has 0 unspecified atom stereocenters. The minimum atomic E-state index is 0.0706. The number of ether oxygens (including phenoxy) is 1. The van der Waals surface area contributed by atoms with E-state index in [1.165, 1.54) is 22.3 Å². The van der Waals surface area contributed by atoms with Crippen LogP contribution in [0, 0.1) is 6.92 Å². The third-order valence-electron chi connectivity index (χ3n) is 5.78. The summed E-state index contributed by atoms with van der Waals surface area (Å²) in [6.07, 6.45) is 1.87. The summed E-state index contributed by atoms with van der Waals surface area (Å²) < 4.78 is 6.03. The zero-order chi connectivity index (χ0) is 20.8. The van der Waals surface area contributed by atoms with Gasteiger partial charge in [-0.2, -0.15) is 0 Å². The predicted octanol–water partition coefficient (Wildman–Crippen LogP) is 4.72. The molecule has 0 aromatic heterocycles. The fourth-order valence-electron chi connectivity index (χ4n) is 4.36. The van der Waals surface area contributed by atoms with E-state index in [2.05, 4.69) is 67.4 Å². The van der Waals surface area contributed by atoms with E-state index in [-0.39, 0.29) is 18.1 Å². The van der Waals surface area contributed by atoms with E-state index in [4.69, 9.17) is 4.74 Å². The first-order chi connectivity index (χ1) is 14.0. The van der Waals surface area contributed by atoms with Gasteiger partial charge in [-0.25, -0.2) is 0 Å². The van der Waals surface area contributed by atoms with E-state index in [1.54, 1.807) is 6.92 Å². The van der Waals surface area contributed by atoms with Crippen LogP contribution < -0.4 is 0 Å². The molecule has 1 saturated heterocycles. The summed E-state index contributed by atoms with van der Waals surface area (Å²) in [5, 5.41) is 0. The van der Waals surface area contributed by atoms with Gasteiger partial charge in [-0.05, 0) is 50.4 Å². The van der Waals surface area contributed by atoms with Gasteiger partial charge in [0.05, 0.1) is 6.10 Å². The lowest BCUT2D eigenvalue weighted by Crippen LogP contribution is -2.42. The number of amides is 1. The van der Waals surface area contributed by atoms with Crippen LogP contribution in [0.15, 0.2) is 48.5 Å². The molecule has 4 nitrogen and oxygen atoms in total. The molecule has 29 heavy (non-hydrogen) atoms. The Labute approximate surface area is 175 Å². The monoisotopic (exact) mass is 394 g/mol. The molecular weight excluding hydrogens is 360 g/mol. The van der Waals surface area contributed by atoms with Gasteiger partial charge in [-0.15, -0.1) is 0 Å². The SMILES string of the molecule is CCN(C(C)=O)[C@@H]1CCO[C@H](c2ccc(CN(C)Cc3cccc(C)c3)cc2)C1. The summed E-state index contributed by atoms with van der Waals surface area (Å²) in [6, 6.07) is 17.7. The maximum Gasteiger partial charge on any atom is 0.219 e. The lowest BCUT2D eigenvalue weighted by atomic mass is 9.95. The van der Waals surface area contributed by atoms with Crippen LogP contribution in [0.4, 0.5) is 0 Å². The Morgan fingerprint density at radius 2 is 1.83 bits per heavy atom. The molecule has 1 heterocycles. The normalized spacial score (nSPS) is 19.3. The highest BCUT2D eigenvalue weighted by atomic mass is 16.5. The fourth-order valence-corrected chi connectivity index (χ4v) is 4.36. The average Bonchev–Trinajstić information content (AvgIpc) is 2.69. The standard InChI is InChI=1S/C25H34N2O2/c1-5-27(20(3)28)24-13-14-29-25(16-24)23-11-9-21(10-12-23)17-26(4)18-22-8-6-7-19(2)15-22/h6-12,15,24-25H,5,13-14,16-18H2,1-4H3/t24-,25+/m1/s1. The van der Waals surface area contributed by atoms with Crippen molar-refractivity contribution in [3.05, 3.63) is 70.8 Å². The molecule has 2 aromatic carbocycles. The smallest absolute Gasteiger partial charge is 0.219 e. The van der Waals surface area contributed by atoms with Crippen LogP contribution in [-0.4, -0.2) is 41.9 Å². The lowest BCUT2D eigenvalue weighted by molar-refractivity contribution is -0.134. The molecule has 2 atom stereocenters. The number of benzene rings is 2. The van der Waals surface area contributed by atoms with Gasteiger partial charge in [-0.3, -0.25) is 9.69 Å². The topological polar surface area (TPSA) is 32.8 Å². The van der Waals surface area contributed by atoms with Crippen molar-refractivity contribution in [3.63, 3.8) is 0 Å². The summed E-state index contributed by atoms with van der Waals surface area (Å²) in [5.41, 5.74) is 5.16. The third-order valence-corrected chi connectivity index (χ3v) is 5.78. The van der Waals surface area contributed by atoms with Gasteiger partial charge in [-0.1, -0.05) is 54.1 Å². The van der Waals surface area contributed by atoms with Gasteiger partial charge < -0.3 is 9.64 Å². The van der Waals surface area contributed by atoms with E-state index in [0.717, 1.165) is 32.5 Å². The highest BCUT2D eigenvalue weighted by Gasteiger charge is 2.28. The first-order valence-corrected chi connectivity index (χ1v) is 10.7. The molecule has 4 heteroatoms. The van der Waals surface area contributed by atoms with Gasteiger partial charge >= 0.3 is 0 Å². The molecule has 0 aliphatic carbocycles. The van der Waals surface area contributed by atoms with Gasteiger partial charge in [0.2, 0.25) is 5.91 Å². The van der Waals surface area contributed by atoms with E-state index >= 15 is 0 Å². The molecule has 0 bridgehead atoms. The Kier molecular flexibility index (Phi) is 7.45. The molecule has 2 aromatic rings. The van der Waals surface area contributed by atoms with Crippen LogP contribution in [0.3, 0.4) is 0 Å². The first kappa shape index (κ1) is 21.5. The summed E-state index contributed by atoms with van der Waals surface area (Å²) in [5.74, 6) is 0.158.